The summed E-state index contributed by atoms with van der Waals surface area (Å²) in [5, 5.41) is 0. The molecule has 182 valence electrons. The minimum atomic E-state index is -5.11. The summed E-state index contributed by atoms with van der Waals surface area (Å²) in [7, 11) is -4.50. The van der Waals surface area contributed by atoms with Gasteiger partial charge in [0.2, 0.25) is 10.0 Å². The van der Waals surface area contributed by atoms with Crippen LogP contribution < -0.4 is 0 Å². The summed E-state index contributed by atoms with van der Waals surface area (Å²) in [6.07, 6.45) is -9.34. The Balaban J connectivity index is 1.64. The van der Waals surface area contributed by atoms with Crippen LogP contribution in [0.15, 0.2) is 23.1 Å². The fraction of sp³-hybridized carbons (Fsp3) is 0.684. The molecule has 2 heterocycles. The molecule has 6 nitrogen and oxygen atoms in total. The van der Waals surface area contributed by atoms with Crippen LogP contribution in [-0.4, -0.2) is 88.1 Å². The van der Waals surface area contributed by atoms with E-state index in [1.165, 1.54) is 0 Å². The predicted octanol–water partition coefficient (Wildman–Crippen LogP) is 2.75. The summed E-state index contributed by atoms with van der Waals surface area (Å²) < 4.78 is 110. The van der Waals surface area contributed by atoms with Crippen molar-refractivity contribution < 1.29 is 39.5 Å². The Morgan fingerprint density at radius 1 is 0.750 bits per heavy atom. The first-order valence-electron chi connectivity index (χ1n) is 10.2. The molecule has 13 heteroatoms. The standard InChI is InChI=1S/C19H25F6N3O3S/c20-18(21,22)15-12-16(19(23,24)25)14-17(13-15)32(29,30)28-6-4-26(5-7-28)2-1-3-27-8-10-31-11-9-27/h12-14H,1-11H2. The molecule has 0 aromatic heterocycles. The van der Waals surface area contributed by atoms with Gasteiger partial charge in [0.1, 0.15) is 0 Å². The molecule has 3 rings (SSSR count). The highest BCUT2D eigenvalue weighted by Crippen LogP contribution is 2.37. The molecule has 0 unspecified atom stereocenters. The van der Waals surface area contributed by atoms with E-state index in [9.17, 15) is 34.8 Å². The van der Waals surface area contributed by atoms with Crippen molar-refractivity contribution in [3.63, 3.8) is 0 Å². The average Bonchev–Trinajstić information content (AvgIpc) is 2.73. The molecular weight excluding hydrogens is 464 g/mol. The highest BCUT2D eigenvalue weighted by atomic mass is 32.2. The highest BCUT2D eigenvalue weighted by molar-refractivity contribution is 7.89. The smallest absolute Gasteiger partial charge is 0.379 e. The zero-order valence-corrected chi connectivity index (χ0v) is 18.1. The molecule has 2 saturated heterocycles. The van der Waals surface area contributed by atoms with Gasteiger partial charge in [0.15, 0.2) is 0 Å². The lowest BCUT2D eigenvalue weighted by Crippen LogP contribution is -2.49. The maximum atomic E-state index is 13.1. The van der Waals surface area contributed by atoms with Gasteiger partial charge < -0.3 is 9.64 Å². The first-order chi connectivity index (χ1) is 14.9. The van der Waals surface area contributed by atoms with Crippen molar-refractivity contribution in [2.24, 2.45) is 0 Å². The minimum Gasteiger partial charge on any atom is -0.379 e. The van der Waals surface area contributed by atoms with E-state index in [0.29, 0.717) is 26.3 Å². The maximum absolute atomic E-state index is 13.1. The molecule has 0 aliphatic carbocycles. The quantitative estimate of drug-likeness (QED) is 0.576. The number of nitrogens with zero attached hydrogens (tertiary/aromatic N) is 3. The Kier molecular flexibility index (Phi) is 7.75. The van der Waals surface area contributed by atoms with E-state index in [1.54, 1.807) is 0 Å². The van der Waals surface area contributed by atoms with Gasteiger partial charge in [-0.2, -0.15) is 30.6 Å². The van der Waals surface area contributed by atoms with Gasteiger partial charge in [0, 0.05) is 39.3 Å². The van der Waals surface area contributed by atoms with Gasteiger partial charge in [-0.25, -0.2) is 8.42 Å². The van der Waals surface area contributed by atoms with Crippen LogP contribution in [0, 0.1) is 0 Å². The van der Waals surface area contributed by atoms with Gasteiger partial charge in [-0.1, -0.05) is 0 Å². The zero-order valence-electron chi connectivity index (χ0n) is 17.3. The molecule has 0 atom stereocenters. The summed E-state index contributed by atoms with van der Waals surface area (Å²) in [6, 6.07) is 0.448. The van der Waals surface area contributed by atoms with E-state index in [-0.39, 0.29) is 31.3 Å². The number of rotatable bonds is 6. The van der Waals surface area contributed by atoms with Crippen molar-refractivity contribution in [1.29, 1.82) is 0 Å². The summed E-state index contributed by atoms with van der Waals surface area (Å²) >= 11 is 0. The molecule has 0 amide bonds. The summed E-state index contributed by atoms with van der Waals surface area (Å²) in [6.45, 7) is 5.44. The molecule has 0 spiro atoms. The van der Waals surface area contributed by atoms with Gasteiger partial charge in [-0.05, 0) is 37.7 Å². The summed E-state index contributed by atoms with van der Waals surface area (Å²) in [5.41, 5.74) is -3.29. The third-order valence-electron chi connectivity index (χ3n) is 5.58. The number of alkyl halides is 6. The van der Waals surface area contributed by atoms with Gasteiger partial charge in [0.05, 0.1) is 29.2 Å². The van der Waals surface area contributed by atoms with E-state index in [1.807, 2.05) is 4.90 Å². The molecule has 0 saturated carbocycles. The Hall–Kier alpha value is -1.41. The van der Waals surface area contributed by atoms with Crippen molar-refractivity contribution in [2.45, 2.75) is 23.7 Å². The van der Waals surface area contributed by atoms with Crippen LogP contribution in [0.25, 0.3) is 0 Å². The van der Waals surface area contributed by atoms with Crippen LogP contribution in [-0.2, 0) is 27.1 Å². The predicted molar refractivity (Wildman–Crippen MR) is 104 cm³/mol. The van der Waals surface area contributed by atoms with Crippen molar-refractivity contribution in [1.82, 2.24) is 14.1 Å². The van der Waals surface area contributed by atoms with E-state index < -0.39 is 38.4 Å². The number of sulfonamides is 1. The van der Waals surface area contributed by atoms with Crippen LogP contribution in [0.5, 0.6) is 0 Å². The van der Waals surface area contributed by atoms with E-state index in [2.05, 4.69) is 4.90 Å². The Labute approximate surface area is 182 Å². The molecule has 0 radical (unpaired) electrons. The number of hydrogen-bond donors (Lipinski definition) is 0. The van der Waals surface area contributed by atoms with E-state index in [0.717, 1.165) is 36.9 Å². The van der Waals surface area contributed by atoms with Crippen molar-refractivity contribution in [2.75, 3.05) is 65.6 Å². The molecule has 2 aliphatic rings. The number of morpholine rings is 1. The Bertz CT molecular complexity index is 845. The molecule has 1 aromatic carbocycles. The van der Waals surface area contributed by atoms with Crippen LogP contribution in [0.1, 0.15) is 17.5 Å². The second kappa shape index (κ2) is 9.84. The largest absolute Gasteiger partial charge is 0.416 e. The first-order valence-corrected chi connectivity index (χ1v) is 11.6. The molecule has 0 bridgehead atoms. The highest BCUT2D eigenvalue weighted by Gasteiger charge is 2.39. The average molecular weight is 489 g/mol. The second-order valence-corrected chi connectivity index (χ2v) is 9.73. The Morgan fingerprint density at radius 3 is 1.69 bits per heavy atom. The van der Waals surface area contributed by atoms with Gasteiger partial charge >= 0.3 is 12.4 Å². The van der Waals surface area contributed by atoms with Crippen molar-refractivity contribution >= 4 is 10.0 Å². The fourth-order valence-corrected chi connectivity index (χ4v) is 5.25. The summed E-state index contributed by atoms with van der Waals surface area (Å²) in [4.78, 5) is 3.32. The van der Waals surface area contributed by atoms with Gasteiger partial charge in [-0.3, -0.25) is 4.90 Å². The Morgan fingerprint density at radius 2 is 1.22 bits per heavy atom. The molecular formula is C19H25F6N3O3S. The lowest BCUT2D eigenvalue weighted by molar-refractivity contribution is -0.143. The monoisotopic (exact) mass is 489 g/mol. The topological polar surface area (TPSA) is 53.1 Å². The molecule has 32 heavy (non-hydrogen) atoms. The first kappa shape index (κ1) is 25.2. The second-order valence-electron chi connectivity index (χ2n) is 7.79. The van der Waals surface area contributed by atoms with Crippen LogP contribution >= 0.6 is 0 Å². The molecule has 0 N–H and O–H groups in total. The number of halogens is 6. The molecule has 2 fully saturated rings. The minimum absolute atomic E-state index is 0.00250. The van der Waals surface area contributed by atoms with Crippen molar-refractivity contribution in [3.8, 4) is 0 Å². The third kappa shape index (κ3) is 6.34. The van der Waals surface area contributed by atoms with Crippen LogP contribution in [0.4, 0.5) is 26.3 Å². The van der Waals surface area contributed by atoms with Crippen LogP contribution in [0.3, 0.4) is 0 Å². The molecule has 2 aliphatic heterocycles. The summed E-state index contributed by atoms with van der Waals surface area (Å²) in [5.74, 6) is 0. The maximum Gasteiger partial charge on any atom is 0.416 e. The lowest BCUT2D eigenvalue weighted by Gasteiger charge is -2.34. The number of benzene rings is 1. The van der Waals surface area contributed by atoms with Crippen molar-refractivity contribution in [3.05, 3.63) is 29.3 Å². The van der Waals surface area contributed by atoms with Gasteiger partial charge in [0.25, 0.3) is 0 Å². The molecule has 1 aromatic rings. The van der Waals surface area contributed by atoms with E-state index in [4.69, 9.17) is 4.74 Å². The van der Waals surface area contributed by atoms with Crippen LogP contribution in [0.2, 0.25) is 0 Å². The zero-order chi connectivity index (χ0) is 23.6. The third-order valence-corrected chi connectivity index (χ3v) is 7.46. The number of ether oxygens (including phenoxy) is 1. The normalized spacial score (nSPS) is 20.6. The lowest BCUT2D eigenvalue weighted by atomic mass is 10.1. The number of piperazine rings is 1. The fourth-order valence-electron chi connectivity index (χ4n) is 3.76. The SMILES string of the molecule is O=S(=O)(c1cc(C(F)(F)F)cc(C(F)(F)F)c1)N1CCN(CCCN2CCOCC2)CC1. The number of hydrogen-bond acceptors (Lipinski definition) is 5. The van der Waals surface area contributed by atoms with E-state index >= 15 is 0 Å². The van der Waals surface area contributed by atoms with Gasteiger partial charge in [-0.15, -0.1) is 0 Å².